The lowest BCUT2D eigenvalue weighted by Gasteiger charge is -2.28. The fourth-order valence-electron chi connectivity index (χ4n) is 2.69. The molecule has 1 aliphatic rings. The maximum atomic E-state index is 11.7. The van der Waals surface area contributed by atoms with Crippen molar-refractivity contribution in [3.63, 3.8) is 0 Å². The SMILES string of the molecule is CC(NCCC(=O)NC(C)(C)C)C1CCCCC1. The first kappa shape index (κ1) is 15.5. The van der Waals surface area contributed by atoms with E-state index in [0.717, 1.165) is 12.5 Å². The summed E-state index contributed by atoms with van der Waals surface area (Å²) in [6, 6.07) is 0.549. The molecule has 1 amide bonds. The summed E-state index contributed by atoms with van der Waals surface area (Å²) in [7, 11) is 0. The molecule has 2 N–H and O–H groups in total. The van der Waals surface area contributed by atoms with Crippen LogP contribution in [0.2, 0.25) is 0 Å². The minimum Gasteiger partial charge on any atom is -0.351 e. The highest BCUT2D eigenvalue weighted by Gasteiger charge is 2.20. The Balaban J connectivity index is 2.14. The summed E-state index contributed by atoms with van der Waals surface area (Å²) in [4.78, 5) is 11.7. The van der Waals surface area contributed by atoms with Crippen molar-refractivity contribution in [2.24, 2.45) is 5.92 Å². The topological polar surface area (TPSA) is 41.1 Å². The molecule has 1 fully saturated rings. The molecule has 3 nitrogen and oxygen atoms in total. The Bertz CT molecular complexity index is 252. The third-order valence-corrected chi connectivity index (χ3v) is 3.69. The molecule has 106 valence electrons. The maximum absolute atomic E-state index is 11.7. The van der Waals surface area contributed by atoms with Gasteiger partial charge in [-0.05, 0) is 46.5 Å². The zero-order valence-corrected chi connectivity index (χ0v) is 12.5. The standard InChI is InChI=1S/C15H30N2O/c1-12(13-8-6-5-7-9-13)16-11-10-14(18)17-15(2,3)4/h12-13,16H,5-11H2,1-4H3,(H,17,18). The van der Waals surface area contributed by atoms with Crippen LogP contribution in [-0.2, 0) is 4.79 Å². The monoisotopic (exact) mass is 254 g/mol. The second-order valence-electron chi connectivity index (χ2n) is 6.69. The number of nitrogens with one attached hydrogen (secondary N) is 2. The molecule has 0 saturated heterocycles. The van der Waals surface area contributed by atoms with Gasteiger partial charge in [-0.15, -0.1) is 0 Å². The molecule has 0 radical (unpaired) electrons. The van der Waals surface area contributed by atoms with E-state index in [2.05, 4.69) is 17.6 Å². The number of hydrogen-bond donors (Lipinski definition) is 2. The van der Waals surface area contributed by atoms with Crippen molar-refractivity contribution in [1.29, 1.82) is 0 Å². The van der Waals surface area contributed by atoms with E-state index in [1.165, 1.54) is 32.1 Å². The van der Waals surface area contributed by atoms with Crippen LogP contribution in [-0.4, -0.2) is 24.0 Å². The van der Waals surface area contributed by atoms with Crippen LogP contribution in [0.25, 0.3) is 0 Å². The first-order chi connectivity index (χ1) is 8.38. The average Bonchev–Trinajstić information content (AvgIpc) is 2.27. The highest BCUT2D eigenvalue weighted by atomic mass is 16.1. The second-order valence-corrected chi connectivity index (χ2v) is 6.69. The van der Waals surface area contributed by atoms with Gasteiger partial charge in [-0.3, -0.25) is 4.79 Å². The number of carbonyl (C=O) groups is 1. The van der Waals surface area contributed by atoms with Gasteiger partial charge in [0, 0.05) is 24.5 Å². The summed E-state index contributed by atoms with van der Waals surface area (Å²) in [6.45, 7) is 9.10. The highest BCUT2D eigenvalue weighted by Crippen LogP contribution is 2.26. The Morgan fingerprint density at radius 1 is 1.22 bits per heavy atom. The lowest BCUT2D eigenvalue weighted by molar-refractivity contribution is -0.122. The zero-order valence-electron chi connectivity index (χ0n) is 12.5. The molecular weight excluding hydrogens is 224 g/mol. The van der Waals surface area contributed by atoms with Gasteiger partial charge in [-0.1, -0.05) is 19.3 Å². The van der Waals surface area contributed by atoms with Gasteiger partial charge in [0.25, 0.3) is 0 Å². The highest BCUT2D eigenvalue weighted by molar-refractivity contribution is 5.76. The molecule has 0 aromatic heterocycles. The van der Waals surface area contributed by atoms with Crippen LogP contribution >= 0.6 is 0 Å². The van der Waals surface area contributed by atoms with Gasteiger partial charge in [-0.2, -0.15) is 0 Å². The molecule has 1 atom stereocenters. The lowest BCUT2D eigenvalue weighted by Crippen LogP contribution is -2.43. The van der Waals surface area contributed by atoms with Crippen molar-refractivity contribution in [1.82, 2.24) is 10.6 Å². The zero-order chi connectivity index (χ0) is 13.6. The van der Waals surface area contributed by atoms with Gasteiger partial charge in [0.05, 0.1) is 0 Å². The first-order valence-corrected chi connectivity index (χ1v) is 7.43. The largest absolute Gasteiger partial charge is 0.351 e. The number of carbonyl (C=O) groups excluding carboxylic acids is 1. The number of hydrogen-bond acceptors (Lipinski definition) is 2. The Kier molecular flexibility index (Phi) is 6.13. The van der Waals surface area contributed by atoms with E-state index in [1.54, 1.807) is 0 Å². The molecule has 0 aliphatic heterocycles. The predicted molar refractivity (Wildman–Crippen MR) is 76.6 cm³/mol. The summed E-state index contributed by atoms with van der Waals surface area (Å²) >= 11 is 0. The maximum Gasteiger partial charge on any atom is 0.221 e. The van der Waals surface area contributed by atoms with Crippen LogP contribution in [0.15, 0.2) is 0 Å². The Hall–Kier alpha value is -0.570. The minimum absolute atomic E-state index is 0.119. The second kappa shape index (κ2) is 7.13. The predicted octanol–water partition coefficient (Wildman–Crippen LogP) is 2.85. The summed E-state index contributed by atoms with van der Waals surface area (Å²) in [5.41, 5.74) is -0.119. The van der Waals surface area contributed by atoms with Crippen LogP contribution in [0, 0.1) is 5.92 Å². The quantitative estimate of drug-likeness (QED) is 0.792. The molecule has 3 heteroatoms. The van der Waals surface area contributed by atoms with Crippen molar-refractivity contribution < 1.29 is 4.79 Å². The Labute approximate surface area is 112 Å². The molecule has 0 aromatic carbocycles. The Morgan fingerprint density at radius 2 is 1.83 bits per heavy atom. The molecule has 0 bridgehead atoms. The minimum atomic E-state index is -0.119. The van der Waals surface area contributed by atoms with Gasteiger partial charge in [0.15, 0.2) is 0 Å². The van der Waals surface area contributed by atoms with Crippen LogP contribution in [0.3, 0.4) is 0 Å². The normalized spacial score (nSPS) is 19.6. The summed E-state index contributed by atoms with van der Waals surface area (Å²) in [6.07, 6.45) is 7.43. The smallest absolute Gasteiger partial charge is 0.221 e. The van der Waals surface area contributed by atoms with E-state index in [0.29, 0.717) is 12.5 Å². The van der Waals surface area contributed by atoms with Gasteiger partial charge in [-0.25, -0.2) is 0 Å². The van der Waals surface area contributed by atoms with Crippen molar-refractivity contribution in [2.75, 3.05) is 6.54 Å². The molecule has 1 rings (SSSR count). The van der Waals surface area contributed by atoms with E-state index < -0.39 is 0 Å². The van der Waals surface area contributed by atoms with Crippen molar-refractivity contribution in [3.05, 3.63) is 0 Å². The van der Waals surface area contributed by atoms with Gasteiger partial charge < -0.3 is 10.6 Å². The molecule has 1 aliphatic carbocycles. The van der Waals surface area contributed by atoms with E-state index >= 15 is 0 Å². The van der Waals surface area contributed by atoms with Crippen molar-refractivity contribution >= 4 is 5.91 Å². The van der Waals surface area contributed by atoms with E-state index in [4.69, 9.17) is 0 Å². The third kappa shape index (κ3) is 6.39. The summed E-state index contributed by atoms with van der Waals surface area (Å²) < 4.78 is 0. The van der Waals surface area contributed by atoms with E-state index in [1.807, 2.05) is 20.8 Å². The Morgan fingerprint density at radius 3 is 2.39 bits per heavy atom. The van der Waals surface area contributed by atoms with Gasteiger partial charge >= 0.3 is 0 Å². The number of rotatable bonds is 5. The van der Waals surface area contributed by atoms with Crippen LogP contribution in [0.5, 0.6) is 0 Å². The number of amides is 1. The van der Waals surface area contributed by atoms with Crippen molar-refractivity contribution in [3.8, 4) is 0 Å². The lowest BCUT2D eigenvalue weighted by atomic mass is 9.84. The molecule has 0 aromatic rings. The van der Waals surface area contributed by atoms with E-state index in [-0.39, 0.29) is 11.4 Å². The van der Waals surface area contributed by atoms with Crippen LogP contribution in [0.4, 0.5) is 0 Å². The van der Waals surface area contributed by atoms with Crippen LogP contribution < -0.4 is 10.6 Å². The average molecular weight is 254 g/mol. The summed E-state index contributed by atoms with van der Waals surface area (Å²) in [5, 5.41) is 6.50. The molecular formula is C15H30N2O. The summed E-state index contributed by atoms with van der Waals surface area (Å²) in [5.74, 6) is 0.954. The van der Waals surface area contributed by atoms with Gasteiger partial charge in [0.2, 0.25) is 5.91 Å². The third-order valence-electron chi connectivity index (χ3n) is 3.69. The van der Waals surface area contributed by atoms with Gasteiger partial charge in [0.1, 0.15) is 0 Å². The van der Waals surface area contributed by atoms with Crippen molar-refractivity contribution in [2.45, 2.75) is 77.8 Å². The fraction of sp³-hybridized carbons (Fsp3) is 0.933. The molecule has 18 heavy (non-hydrogen) atoms. The molecule has 0 spiro atoms. The first-order valence-electron chi connectivity index (χ1n) is 7.43. The van der Waals surface area contributed by atoms with E-state index in [9.17, 15) is 4.79 Å². The molecule has 0 heterocycles. The molecule has 1 saturated carbocycles. The molecule has 1 unspecified atom stereocenters. The fourth-order valence-corrected chi connectivity index (χ4v) is 2.69. The van der Waals surface area contributed by atoms with Crippen LogP contribution in [0.1, 0.15) is 66.2 Å².